The largest absolute Gasteiger partial charge is 0.466 e. The summed E-state index contributed by atoms with van der Waals surface area (Å²) in [5.74, 6) is -1.56. The first kappa shape index (κ1) is 35.5. The van der Waals surface area contributed by atoms with Gasteiger partial charge in [-0.05, 0) is 53.9 Å². The molecule has 0 saturated heterocycles. The molecule has 0 aliphatic carbocycles. The Hall–Kier alpha value is -3.97. The number of ether oxygens (including phenoxy) is 2. The average molecular weight is 647 g/mol. The molecular weight excluding hydrogens is 605 g/mol. The van der Waals surface area contributed by atoms with Gasteiger partial charge in [0.2, 0.25) is 5.88 Å². The van der Waals surface area contributed by atoms with Crippen LogP contribution in [0.5, 0.6) is 5.88 Å². The summed E-state index contributed by atoms with van der Waals surface area (Å²) in [4.78, 5) is 34.2. The molecule has 0 radical (unpaired) electrons. The summed E-state index contributed by atoms with van der Waals surface area (Å²) >= 11 is 0. The number of pyridine rings is 2. The van der Waals surface area contributed by atoms with Crippen LogP contribution in [0.4, 0.5) is 23.7 Å². The first-order valence-electron chi connectivity index (χ1n) is 14.5. The molecule has 2 unspecified atom stereocenters. The number of amides is 2. The third kappa shape index (κ3) is 10.3. The summed E-state index contributed by atoms with van der Waals surface area (Å²) in [6.45, 7) is 11.5. The van der Waals surface area contributed by atoms with Crippen molar-refractivity contribution in [2.75, 3.05) is 11.9 Å². The van der Waals surface area contributed by atoms with E-state index in [1.165, 1.54) is 6.07 Å². The van der Waals surface area contributed by atoms with Crippen molar-refractivity contribution in [1.29, 1.82) is 0 Å². The maximum Gasteiger partial charge on any atom is 0.415 e. The number of benzene rings is 1. The number of aromatic nitrogens is 2. The number of hydrogen-bond acceptors (Lipinski definition) is 7. The molecule has 2 amide bonds. The lowest BCUT2D eigenvalue weighted by molar-refractivity contribution is -0.210. The van der Waals surface area contributed by atoms with Crippen molar-refractivity contribution in [2.24, 2.45) is 5.92 Å². The number of hydrogen-bond donors (Lipinski definition) is 2. The van der Waals surface area contributed by atoms with Crippen LogP contribution >= 0.6 is 0 Å². The van der Waals surface area contributed by atoms with Gasteiger partial charge < -0.3 is 19.2 Å². The molecule has 244 valence electrons. The van der Waals surface area contributed by atoms with E-state index in [2.05, 4.69) is 20.6 Å². The highest BCUT2D eigenvalue weighted by atomic mass is 28.4. The Labute approximate surface area is 263 Å². The van der Waals surface area contributed by atoms with Gasteiger partial charge in [-0.15, -0.1) is 0 Å². The molecule has 3 aromatic rings. The van der Waals surface area contributed by atoms with Gasteiger partial charge in [-0.3, -0.25) is 15.1 Å². The minimum absolute atomic E-state index is 0.0143. The van der Waals surface area contributed by atoms with Crippen LogP contribution in [-0.4, -0.2) is 55.2 Å². The van der Waals surface area contributed by atoms with Crippen LogP contribution in [-0.2, 0) is 20.6 Å². The fraction of sp³-hybridized carbons (Fsp3) is 0.438. The first-order chi connectivity index (χ1) is 21.0. The summed E-state index contributed by atoms with van der Waals surface area (Å²) in [6.07, 6.45) is -4.56. The van der Waals surface area contributed by atoms with E-state index >= 15 is 0 Å². The number of nitrogens with one attached hydrogen (secondary N) is 2. The first-order valence-corrected chi connectivity index (χ1v) is 17.4. The van der Waals surface area contributed by atoms with Gasteiger partial charge >= 0.3 is 12.3 Å². The minimum Gasteiger partial charge on any atom is -0.466 e. The Kier molecular flexibility index (Phi) is 11.7. The molecule has 13 heteroatoms. The number of carbonyl (C=O) groups is 2. The fourth-order valence-corrected chi connectivity index (χ4v) is 5.25. The molecule has 45 heavy (non-hydrogen) atoms. The van der Waals surface area contributed by atoms with E-state index in [1.807, 2.05) is 39.0 Å². The molecule has 0 bridgehead atoms. The second kappa shape index (κ2) is 14.9. The van der Waals surface area contributed by atoms with Crippen molar-refractivity contribution in [3.05, 3.63) is 72.6 Å². The van der Waals surface area contributed by atoms with Gasteiger partial charge in [0.1, 0.15) is 12.3 Å². The standard InChI is InChI=1S/C32H41F3N4O5Si/c1-21(2)27(28(32(33,34)35)44-45(6,7)31(3,4)5)39-26(40)20-42-29-25(16-15-24(37-29)23-14-11-17-36-18-23)38-30(41)43-19-22-12-9-8-10-13-22/h8-18,21,27-28H,19-20H2,1-7H3,(H,38,41)(H,39,40). The van der Waals surface area contributed by atoms with E-state index in [4.69, 9.17) is 13.9 Å². The summed E-state index contributed by atoms with van der Waals surface area (Å²) in [5.41, 5.74) is 1.95. The number of alkyl halides is 3. The molecule has 2 N–H and O–H groups in total. The molecule has 0 spiro atoms. The number of halogens is 3. The average Bonchev–Trinajstić information content (AvgIpc) is 2.97. The zero-order valence-electron chi connectivity index (χ0n) is 26.6. The Balaban J connectivity index is 1.80. The van der Waals surface area contributed by atoms with E-state index in [1.54, 1.807) is 69.7 Å². The molecule has 2 atom stereocenters. The van der Waals surface area contributed by atoms with Crippen LogP contribution in [0.25, 0.3) is 11.3 Å². The molecule has 0 aliphatic rings. The summed E-state index contributed by atoms with van der Waals surface area (Å²) < 4.78 is 59.8. The van der Waals surface area contributed by atoms with Crippen LogP contribution in [0, 0.1) is 5.92 Å². The van der Waals surface area contributed by atoms with Gasteiger partial charge in [-0.25, -0.2) is 9.78 Å². The molecule has 0 fully saturated rings. The van der Waals surface area contributed by atoms with E-state index in [0.717, 1.165) is 5.56 Å². The van der Waals surface area contributed by atoms with Crippen LogP contribution in [0.15, 0.2) is 67.0 Å². The van der Waals surface area contributed by atoms with Crippen molar-refractivity contribution >= 4 is 26.0 Å². The molecular formula is C32H41F3N4O5Si. The minimum atomic E-state index is -4.73. The molecule has 9 nitrogen and oxygen atoms in total. The molecule has 0 saturated carbocycles. The summed E-state index contributed by atoms with van der Waals surface area (Å²) in [7, 11) is -2.87. The van der Waals surface area contributed by atoms with Crippen molar-refractivity contribution < 1.29 is 36.7 Å². The lowest BCUT2D eigenvalue weighted by Crippen LogP contribution is -2.59. The predicted molar refractivity (Wildman–Crippen MR) is 168 cm³/mol. The third-order valence-corrected chi connectivity index (χ3v) is 12.0. The smallest absolute Gasteiger partial charge is 0.415 e. The highest BCUT2D eigenvalue weighted by molar-refractivity contribution is 6.74. The topological polar surface area (TPSA) is 112 Å². The SMILES string of the molecule is CC(C)C(NC(=O)COc1nc(-c2cccnc2)ccc1NC(=O)OCc1ccccc1)C(O[Si](C)(C)C(C)(C)C)C(F)(F)F. The van der Waals surface area contributed by atoms with Gasteiger partial charge in [-0.1, -0.05) is 65.0 Å². The van der Waals surface area contributed by atoms with Gasteiger partial charge in [0.15, 0.2) is 21.0 Å². The van der Waals surface area contributed by atoms with Gasteiger partial charge in [0.05, 0.1) is 11.7 Å². The number of nitrogens with zero attached hydrogens (tertiary/aromatic N) is 2. The molecule has 1 aromatic carbocycles. The molecule has 3 rings (SSSR count). The van der Waals surface area contributed by atoms with Crippen LogP contribution < -0.4 is 15.4 Å². The van der Waals surface area contributed by atoms with Gasteiger partial charge in [-0.2, -0.15) is 13.2 Å². The Morgan fingerprint density at radius 2 is 1.67 bits per heavy atom. The normalized spacial score (nSPS) is 13.6. The van der Waals surface area contributed by atoms with E-state index < -0.39 is 56.2 Å². The van der Waals surface area contributed by atoms with Crippen LogP contribution in [0.2, 0.25) is 18.1 Å². The fourth-order valence-electron chi connectivity index (χ4n) is 3.98. The lowest BCUT2D eigenvalue weighted by Gasteiger charge is -2.42. The number of carbonyl (C=O) groups excluding carboxylic acids is 2. The second-order valence-electron chi connectivity index (χ2n) is 12.4. The van der Waals surface area contributed by atoms with Gasteiger partial charge in [0.25, 0.3) is 5.91 Å². The summed E-state index contributed by atoms with van der Waals surface area (Å²) in [5, 5.41) is 4.55. The Bertz CT molecular complexity index is 1420. The van der Waals surface area contributed by atoms with Crippen molar-refractivity contribution in [3.8, 4) is 17.1 Å². The van der Waals surface area contributed by atoms with E-state index in [0.29, 0.717) is 11.3 Å². The number of anilines is 1. The summed E-state index contributed by atoms with van der Waals surface area (Å²) in [6, 6.07) is 14.3. The third-order valence-electron chi connectivity index (χ3n) is 7.53. The second-order valence-corrected chi connectivity index (χ2v) is 17.2. The molecule has 2 aromatic heterocycles. The maximum atomic E-state index is 14.3. The Morgan fingerprint density at radius 1 is 0.978 bits per heavy atom. The quantitative estimate of drug-likeness (QED) is 0.198. The van der Waals surface area contributed by atoms with Crippen molar-refractivity contribution in [2.45, 2.75) is 77.7 Å². The number of rotatable bonds is 12. The Morgan fingerprint density at radius 3 is 2.24 bits per heavy atom. The van der Waals surface area contributed by atoms with Crippen LogP contribution in [0.3, 0.4) is 0 Å². The van der Waals surface area contributed by atoms with Gasteiger partial charge in [0, 0.05) is 18.0 Å². The van der Waals surface area contributed by atoms with Crippen LogP contribution in [0.1, 0.15) is 40.2 Å². The maximum absolute atomic E-state index is 14.3. The molecule has 0 aliphatic heterocycles. The lowest BCUT2D eigenvalue weighted by atomic mass is 9.98. The van der Waals surface area contributed by atoms with Crippen molar-refractivity contribution in [1.82, 2.24) is 15.3 Å². The monoisotopic (exact) mass is 646 g/mol. The zero-order valence-corrected chi connectivity index (χ0v) is 27.6. The zero-order chi connectivity index (χ0) is 33.4. The van der Waals surface area contributed by atoms with E-state index in [-0.39, 0.29) is 18.2 Å². The predicted octanol–water partition coefficient (Wildman–Crippen LogP) is 7.36. The van der Waals surface area contributed by atoms with E-state index in [9.17, 15) is 22.8 Å². The highest BCUT2D eigenvalue weighted by Crippen LogP contribution is 2.41. The highest BCUT2D eigenvalue weighted by Gasteiger charge is 2.52. The van der Waals surface area contributed by atoms with Crippen molar-refractivity contribution in [3.63, 3.8) is 0 Å². The molecule has 2 heterocycles.